The molecule has 6 heteroatoms. The van der Waals surface area contributed by atoms with Crippen LogP contribution in [0.25, 0.3) is 22.6 Å². The number of rotatable bonds is 3. The van der Waals surface area contributed by atoms with Gasteiger partial charge in [-0.2, -0.15) is 0 Å². The zero-order valence-corrected chi connectivity index (χ0v) is 15.8. The predicted octanol–water partition coefficient (Wildman–Crippen LogP) is 6.36. The van der Waals surface area contributed by atoms with Gasteiger partial charge in [0.15, 0.2) is 5.58 Å². The topological polar surface area (TPSA) is 55.1 Å². The number of aryl methyl sites for hydroxylation is 1. The molecular weight excluding hydrogens is 383 g/mol. The van der Waals surface area contributed by atoms with Gasteiger partial charge < -0.3 is 9.73 Å². The molecule has 27 heavy (non-hydrogen) atoms. The molecule has 0 aliphatic heterocycles. The molecule has 1 aromatic heterocycles. The van der Waals surface area contributed by atoms with Gasteiger partial charge in [0.2, 0.25) is 5.89 Å². The van der Waals surface area contributed by atoms with Crippen molar-refractivity contribution >= 4 is 45.9 Å². The number of aromatic nitrogens is 1. The van der Waals surface area contributed by atoms with E-state index in [0.29, 0.717) is 27.7 Å². The van der Waals surface area contributed by atoms with Crippen LogP contribution in [0.5, 0.6) is 0 Å². The highest BCUT2D eigenvalue weighted by Crippen LogP contribution is 2.30. The number of anilines is 1. The second kappa shape index (κ2) is 7.06. The van der Waals surface area contributed by atoms with Crippen LogP contribution in [0.1, 0.15) is 15.9 Å². The van der Waals surface area contributed by atoms with Crippen molar-refractivity contribution in [1.29, 1.82) is 0 Å². The number of hydrogen-bond donors (Lipinski definition) is 1. The Morgan fingerprint density at radius 3 is 2.67 bits per heavy atom. The van der Waals surface area contributed by atoms with Crippen molar-refractivity contribution in [2.45, 2.75) is 6.92 Å². The van der Waals surface area contributed by atoms with Crippen molar-refractivity contribution in [3.05, 3.63) is 81.8 Å². The number of amides is 1. The predicted molar refractivity (Wildman–Crippen MR) is 109 cm³/mol. The average molecular weight is 397 g/mol. The number of oxazole rings is 1. The van der Waals surface area contributed by atoms with E-state index in [9.17, 15) is 4.79 Å². The van der Waals surface area contributed by atoms with E-state index >= 15 is 0 Å². The standard InChI is InChI=1S/C21H14Cl2N2O2/c1-12-9-10-13(24-20(26)14-5-4-6-16(22)19(14)23)11-15(12)21-25-17-7-2-3-8-18(17)27-21/h2-11H,1H3,(H,24,26). The average Bonchev–Trinajstić information content (AvgIpc) is 3.09. The van der Waals surface area contributed by atoms with Crippen molar-refractivity contribution in [3.8, 4) is 11.5 Å². The number of fused-ring (bicyclic) bond motifs is 1. The molecule has 1 N–H and O–H groups in total. The Morgan fingerprint density at radius 1 is 1.04 bits per heavy atom. The van der Waals surface area contributed by atoms with E-state index in [1.54, 1.807) is 18.2 Å². The molecule has 3 aromatic carbocycles. The van der Waals surface area contributed by atoms with Gasteiger partial charge in [-0.15, -0.1) is 0 Å². The van der Waals surface area contributed by atoms with Crippen molar-refractivity contribution in [2.24, 2.45) is 0 Å². The van der Waals surface area contributed by atoms with Gasteiger partial charge in [0, 0.05) is 11.3 Å². The molecule has 0 saturated carbocycles. The summed E-state index contributed by atoms with van der Waals surface area (Å²) in [6.07, 6.45) is 0. The number of carbonyl (C=O) groups is 1. The molecule has 0 fully saturated rings. The summed E-state index contributed by atoms with van der Waals surface area (Å²) in [6, 6.07) is 18.1. The van der Waals surface area contributed by atoms with Gasteiger partial charge in [0.05, 0.1) is 15.6 Å². The highest BCUT2D eigenvalue weighted by atomic mass is 35.5. The van der Waals surface area contributed by atoms with Crippen molar-refractivity contribution in [1.82, 2.24) is 4.98 Å². The third-order valence-electron chi connectivity index (χ3n) is 4.22. The van der Waals surface area contributed by atoms with Crippen molar-refractivity contribution in [2.75, 3.05) is 5.32 Å². The van der Waals surface area contributed by atoms with Crippen LogP contribution in [-0.4, -0.2) is 10.9 Å². The van der Waals surface area contributed by atoms with Crippen LogP contribution < -0.4 is 5.32 Å². The zero-order valence-electron chi connectivity index (χ0n) is 14.3. The Hall–Kier alpha value is -2.82. The Labute approximate surface area is 165 Å². The summed E-state index contributed by atoms with van der Waals surface area (Å²) >= 11 is 12.1. The van der Waals surface area contributed by atoms with E-state index in [1.807, 2.05) is 49.4 Å². The molecule has 4 nitrogen and oxygen atoms in total. The van der Waals surface area contributed by atoms with Gasteiger partial charge in [-0.05, 0) is 48.9 Å². The maximum atomic E-state index is 12.6. The van der Waals surface area contributed by atoms with Crippen LogP contribution in [0.3, 0.4) is 0 Å². The normalized spacial score (nSPS) is 10.9. The summed E-state index contributed by atoms with van der Waals surface area (Å²) in [5.41, 5.74) is 4.22. The Morgan fingerprint density at radius 2 is 1.85 bits per heavy atom. The van der Waals surface area contributed by atoms with E-state index in [0.717, 1.165) is 16.6 Å². The number of halogens is 2. The first-order valence-corrected chi connectivity index (χ1v) is 9.00. The third-order valence-corrected chi connectivity index (χ3v) is 5.03. The van der Waals surface area contributed by atoms with Gasteiger partial charge in [-0.3, -0.25) is 4.79 Å². The first-order valence-electron chi connectivity index (χ1n) is 8.25. The van der Waals surface area contributed by atoms with Gasteiger partial charge in [-0.1, -0.05) is 47.5 Å². The maximum absolute atomic E-state index is 12.6. The van der Waals surface area contributed by atoms with E-state index in [1.165, 1.54) is 0 Å². The monoisotopic (exact) mass is 396 g/mol. The van der Waals surface area contributed by atoms with Crippen LogP contribution >= 0.6 is 23.2 Å². The Balaban J connectivity index is 1.68. The summed E-state index contributed by atoms with van der Waals surface area (Å²) in [5, 5.41) is 3.40. The molecule has 4 aromatic rings. The summed E-state index contributed by atoms with van der Waals surface area (Å²) in [6.45, 7) is 1.96. The number of carbonyl (C=O) groups excluding carboxylic acids is 1. The summed E-state index contributed by atoms with van der Waals surface area (Å²) in [4.78, 5) is 17.1. The molecule has 0 unspecified atom stereocenters. The van der Waals surface area contributed by atoms with E-state index in [-0.39, 0.29) is 10.9 Å². The number of benzene rings is 3. The molecule has 0 bridgehead atoms. The molecule has 4 rings (SSSR count). The molecule has 0 spiro atoms. The van der Waals surface area contributed by atoms with Gasteiger partial charge in [0.1, 0.15) is 5.52 Å². The van der Waals surface area contributed by atoms with Crippen molar-refractivity contribution in [3.63, 3.8) is 0 Å². The fourth-order valence-corrected chi connectivity index (χ4v) is 3.18. The molecule has 0 saturated heterocycles. The fraction of sp³-hybridized carbons (Fsp3) is 0.0476. The molecule has 1 amide bonds. The number of para-hydroxylation sites is 2. The quantitative estimate of drug-likeness (QED) is 0.438. The van der Waals surface area contributed by atoms with E-state index < -0.39 is 0 Å². The molecule has 0 atom stereocenters. The lowest BCUT2D eigenvalue weighted by atomic mass is 10.1. The van der Waals surface area contributed by atoms with Gasteiger partial charge in [-0.25, -0.2) is 4.98 Å². The van der Waals surface area contributed by atoms with Gasteiger partial charge >= 0.3 is 0 Å². The minimum atomic E-state index is -0.338. The summed E-state index contributed by atoms with van der Waals surface area (Å²) in [5.74, 6) is 0.167. The van der Waals surface area contributed by atoms with Crippen LogP contribution in [0.15, 0.2) is 65.1 Å². The highest BCUT2D eigenvalue weighted by molar-refractivity contribution is 6.44. The van der Waals surface area contributed by atoms with Crippen molar-refractivity contribution < 1.29 is 9.21 Å². The minimum Gasteiger partial charge on any atom is -0.436 e. The lowest BCUT2D eigenvalue weighted by Gasteiger charge is -2.10. The van der Waals surface area contributed by atoms with E-state index in [2.05, 4.69) is 10.3 Å². The second-order valence-electron chi connectivity index (χ2n) is 6.07. The SMILES string of the molecule is Cc1ccc(NC(=O)c2cccc(Cl)c2Cl)cc1-c1nc2ccccc2o1. The zero-order chi connectivity index (χ0) is 19.0. The van der Waals surface area contributed by atoms with Gasteiger partial charge in [0.25, 0.3) is 5.91 Å². The Kier molecular flexibility index (Phi) is 4.60. The van der Waals surface area contributed by atoms with Crippen LogP contribution in [0.2, 0.25) is 10.0 Å². The maximum Gasteiger partial charge on any atom is 0.257 e. The molecular formula is C21H14Cl2N2O2. The lowest BCUT2D eigenvalue weighted by Crippen LogP contribution is -2.12. The largest absolute Gasteiger partial charge is 0.436 e. The van der Waals surface area contributed by atoms with Crippen LogP contribution in [0.4, 0.5) is 5.69 Å². The molecule has 0 aliphatic rings. The lowest BCUT2D eigenvalue weighted by molar-refractivity contribution is 0.102. The molecule has 1 heterocycles. The van der Waals surface area contributed by atoms with E-state index in [4.69, 9.17) is 27.6 Å². The summed E-state index contributed by atoms with van der Waals surface area (Å²) in [7, 11) is 0. The number of hydrogen-bond acceptors (Lipinski definition) is 3. The smallest absolute Gasteiger partial charge is 0.257 e. The third kappa shape index (κ3) is 3.42. The fourth-order valence-electron chi connectivity index (χ4n) is 2.80. The Bertz CT molecular complexity index is 1140. The van der Waals surface area contributed by atoms with Crippen LogP contribution in [-0.2, 0) is 0 Å². The first-order chi connectivity index (χ1) is 13.0. The molecule has 0 radical (unpaired) electrons. The first kappa shape index (κ1) is 17.6. The number of nitrogens with zero attached hydrogens (tertiary/aromatic N) is 1. The number of nitrogens with one attached hydrogen (secondary N) is 1. The molecule has 0 aliphatic carbocycles. The molecule has 134 valence electrons. The minimum absolute atomic E-state index is 0.225. The second-order valence-corrected chi connectivity index (χ2v) is 6.86. The van der Waals surface area contributed by atoms with Crippen LogP contribution in [0, 0.1) is 6.92 Å². The highest BCUT2D eigenvalue weighted by Gasteiger charge is 2.15. The summed E-state index contributed by atoms with van der Waals surface area (Å²) < 4.78 is 5.85.